The Morgan fingerprint density at radius 3 is 2.50 bits per heavy atom. The van der Waals surface area contributed by atoms with Gasteiger partial charge in [0.05, 0.1) is 12.5 Å². The van der Waals surface area contributed by atoms with Crippen LogP contribution in [0.25, 0.3) is 0 Å². The van der Waals surface area contributed by atoms with Crippen molar-refractivity contribution in [2.45, 2.75) is 12.5 Å². The zero-order valence-corrected chi connectivity index (χ0v) is 7.03. The predicted molar refractivity (Wildman–Crippen MR) is 46.6 cm³/mol. The fourth-order valence-corrected chi connectivity index (χ4v) is 1.52. The van der Waals surface area contributed by atoms with Crippen molar-refractivity contribution in [1.29, 1.82) is 0 Å². The third-order valence-corrected chi connectivity index (χ3v) is 2.41. The van der Waals surface area contributed by atoms with Crippen molar-refractivity contribution < 1.29 is 4.79 Å². The standard InChI is InChI=1S/C10H11NO/c1-11-9(7-10(11)12)8-5-3-2-4-6-8/h2-6,9H,7H2,1H3. The van der Waals surface area contributed by atoms with Crippen LogP contribution in [0.2, 0.25) is 0 Å². The molecule has 62 valence electrons. The second kappa shape index (κ2) is 2.63. The highest BCUT2D eigenvalue weighted by molar-refractivity contribution is 5.83. The number of likely N-dealkylation sites (tertiary alicyclic amines) is 1. The average molecular weight is 161 g/mol. The van der Waals surface area contributed by atoms with E-state index in [1.165, 1.54) is 5.56 Å². The highest BCUT2D eigenvalue weighted by Gasteiger charge is 2.33. The third kappa shape index (κ3) is 0.998. The van der Waals surface area contributed by atoms with Gasteiger partial charge in [0.2, 0.25) is 5.91 Å². The second-order valence-electron chi connectivity index (χ2n) is 3.14. The fourth-order valence-electron chi connectivity index (χ4n) is 1.52. The first-order valence-corrected chi connectivity index (χ1v) is 4.09. The molecular weight excluding hydrogens is 150 g/mol. The van der Waals surface area contributed by atoms with Gasteiger partial charge in [0.25, 0.3) is 0 Å². The van der Waals surface area contributed by atoms with Crippen molar-refractivity contribution in [1.82, 2.24) is 4.90 Å². The topological polar surface area (TPSA) is 20.3 Å². The lowest BCUT2D eigenvalue weighted by atomic mass is 9.95. The van der Waals surface area contributed by atoms with Gasteiger partial charge in [-0.3, -0.25) is 4.79 Å². The van der Waals surface area contributed by atoms with E-state index < -0.39 is 0 Å². The van der Waals surface area contributed by atoms with E-state index in [-0.39, 0.29) is 5.91 Å². The van der Waals surface area contributed by atoms with E-state index in [9.17, 15) is 4.79 Å². The van der Waals surface area contributed by atoms with E-state index in [4.69, 9.17) is 0 Å². The quantitative estimate of drug-likeness (QED) is 0.573. The molecule has 1 atom stereocenters. The number of hydrogen-bond donors (Lipinski definition) is 0. The Kier molecular flexibility index (Phi) is 1.61. The maximum absolute atomic E-state index is 10.9. The molecule has 0 bridgehead atoms. The van der Waals surface area contributed by atoms with E-state index in [2.05, 4.69) is 12.1 Å². The number of carbonyl (C=O) groups excluding carboxylic acids is 1. The minimum atomic E-state index is 0.240. The van der Waals surface area contributed by atoms with E-state index in [1.807, 2.05) is 25.2 Å². The summed E-state index contributed by atoms with van der Waals surface area (Å²) in [6.45, 7) is 0. The van der Waals surface area contributed by atoms with Gasteiger partial charge in [-0.1, -0.05) is 30.3 Å². The maximum atomic E-state index is 10.9. The number of hydrogen-bond acceptors (Lipinski definition) is 1. The second-order valence-corrected chi connectivity index (χ2v) is 3.14. The zero-order valence-electron chi connectivity index (χ0n) is 7.03. The summed E-state index contributed by atoms with van der Waals surface area (Å²) >= 11 is 0. The first kappa shape index (κ1) is 7.35. The molecule has 1 unspecified atom stereocenters. The molecule has 1 heterocycles. The largest absolute Gasteiger partial charge is 0.338 e. The molecule has 1 amide bonds. The molecule has 1 saturated heterocycles. The molecule has 1 aliphatic heterocycles. The predicted octanol–water partition coefficient (Wildman–Crippen LogP) is 1.59. The Balaban J connectivity index is 2.18. The van der Waals surface area contributed by atoms with Crippen LogP contribution in [0.15, 0.2) is 30.3 Å². The lowest BCUT2D eigenvalue weighted by molar-refractivity contribution is -0.143. The Hall–Kier alpha value is -1.31. The first-order chi connectivity index (χ1) is 5.79. The molecule has 2 nitrogen and oxygen atoms in total. The van der Waals surface area contributed by atoms with Gasteiger partial charge in [0, 0.05) is 7.05 Å². The molecule has 0 aromatic heterocycles. The van der Waals surface area contributed by atoms with Gasteiger partial charge >= 0.3 is 0 Å². The summed E-state index contributed by atoms with van der Waals surface area (Å²) in [5.74, 6) is 0.240. The van der Waals surface area contributed by atoms with Gasteiger partial charge in [-0.15, -0.1) is 0 Å². The van der Waals surface area contributed by atoms with Crippen molar-refractivity contribution >= 4 is 5.91 Å². The summed E-state index contributed by atoms with van der Waals surface area (Å²) < 4.78 is 0. The molecule has 1 fully saturated rings. The van der Waals surface area contributed by atoms with E-state index >= 15 is 0 Å². The van der Waals surface area contributed by atoms with Crippen molar-refractivity contribution in [3.8, 4) is 0 Å². The minimum Gasteiger partial charge on any atom is -0.338 e. The molecular formula is C10H11NO. The lowest BCUT2D eigenvalue weighted by Crippen LogP contribution is -2.43. The summed E-state index contributed by atoms with van der Waals surface area (Å²) in [5.41, 5.74) is 1.24. The van der Waals surface area contributed by atoms with Crippen molar-refractivity contribution in [3.63, 3.8) is 0 Å². The molecule has 2 heteroatoms. The van der Waals surface area contributed by atoms with E-state index in [0.29, 0.717) is 12.5 Å². The molecule has 1 aromatic carbocycles. The van der Waals surface area contributed by atoms with Crippen LogP contribution >= 0.6 is 0 Å². The van der Waals surface area contributed by atoms with Crippen LogP contribution in [-0.2, 0) is 4.79 Å². The number of amides is 1. The van der Waals surface area contributed by atoms with Crippen molar-refractivity contribution in [2.75, 3.05) is 7.05 Å². The third-order valence-electron chi connectivity index (χ3n) is 2.41. The number of carbonyl (C=O) groups is 1. The number of β-lactam (4-membered cyclic amide) rings is 1. The Morgan fingerprint density at radius 2 is 2.00 bits per heavy atom. The van der Waals surface area contributed by atoms with Crippen LogP contribution in [0.4, 0.5) is 0 Å². The highest BCUT2D eigenvalue weighted by Crippen LogP contribution is 2.31. The lowest BCUT2D eigenvalue weighted by Gasteiger charge is -2.37. The molecule has 0 aliphatic carbocycles. The minimum absolute atomic E-state index is 0.240. The van der Waals surface area contributed by atoms with Gasteiger partial charge in [0.15, 0.2) is 0 Å². The molecule has 0 radical (unpaired) electrons. The van der Waals surface area contributed by atoms with Crippen molar-refractivity contribution in [2.24, 2.45) is 0 Å². The maximum Gasteiger partial charge on any atom is 0.225 e. The molecule has 1 aliphatic rings. The van der Waals surface area contributed by atoms with Crippen LogP contribution in [0.1, 0.15) is 18.0 Å². The van der Waals surface area contributed by atoms with Crippen molar-refractivity contribution in [3.05, 3.63) is 35.9 Å². The van der Waals surface area contributed by atoms with Crippen LogP contribution in [0.3, 0.4) is 0 Å². The molecule has 0 N–H and O–H groups in total. The first-order valence-electron chi connectivity index (χ1n) is 4.09. The summed E-state index contributed by atoms with van der Waals surface area (Å²) in [6.07, 6.45) is 0.667. The molecule has 2 rings (SSSR count). The fraction of sp³-hybridized carbons (Fsp3) is 0.300. The van der Waals surface area contributed by atoms with Gasteiger partial charge in [-0.2, -0.15) is 0 Å². The summed E-state index contributed by atoms with van der Waals surface area (Å²) in [7, 11) is 1.85. The molecule has 1 aromatic rings. The number of rotatable bonds is 1. The van der Waals surface area contributed by atoms with Gasteiger partial charge in [-0.25, -0.2) is 0 Å². The summed E-state index contributed by atoms with van der Waals surface area (Å²) in [5, 5.41) is 0. The zero-order chi connectivity index (χ0) is 8.55. The Bertz CT molecular complexity index is 294. The van der Waals surface area contributed by atoms with Crippen LogP contribution in [0, 0.1) is 0 Å². The van der Waals surface area contributed by atoms with E-state index in [0.717, 1.165) is 0 Å². The van der Waals surface area contributed by atoms with Gasteiger partial charge in [-0.05, 0) is 5.56 Å². The van der Waals surface area contributed by atoms with Crippen LogP contribution in [-0.4, -0.2) is 17.9 Å². The molecule has 0 spiro atoms. The number of benzene rings is 1. The van der Waals surface area contributed by atoms with Crippen LogP contribution in [0.5, 0.6) is 0 Å². The smallest absolute Gasteiger partial charge is 0.225 e. The Labute approximate surface area is 71.8 Å². The molecule has 12 heavy (non-hydrogen) atoms. The van der Waals surface area contributed by atoms with E-state index in [1.54, 1.807) is 4.90 Å². The Morgan fingerprint density at radius 1 is 1.33 bits per heavy atom. The summed E-state index contributed by atoms with van der Waals surface area (Å²) in [4.78, 5) is 12.7. The molecule has 0 saturated carbocycles. The normalized spacial score (nSPS) is 22.2. The highest BCUT2D eigenvalue weighted by atomic mass is 16.2. The van der Waals surface area contributed by atoms with Crippen LogP contribution < -0.4 is 0 Å². The SMILES string of the molecule is CN1C(=O)CC1c1ccccc1. The van der Waals surface area contributed by atoms with Gasteiger partial charge < -0.3 is 4.90 Å². The van der Waals surface area contributed by atoms with Gasteiger partial charge in [0.1, 0.15) is 0 Å². The summed E-state index contributed by atoms with van der Waals surface area (Å²) in [6, 6.07) is 10.4. The number of nitrogens with zero attached hydrogens (tertiary/aromatic N) is 1. The average Bonchev–Trinajstić information content (AvgIpc) is 2.15. The monoisotopic (exact) mass is 161 g/mol.